The highest BCUT2D eigenvalue weighted by atomic mass is 16.5. The van der Waals surface area contributed by atoms with Crippen molar-refractivity contribution in [2.45, 2.75) is 25.8 Å². The van der Waals surface area contributed by atoms with E-state index in [9.17, 15) is 4.79 Å². The summed E-state index contributed by atoms with van der Waals surface area (Å²) >= 11 is 0. The van der Waals surface area contributed by atoms with E-state index in [2.05, 4.69) is 5.32 Å². The molecule has 1 aliphatic rings. The number of carbonyl (C=O) groups excluding carboxylic acids is 1. The molecule has 4 nitrogen and oxygen atoms in total. The number of methoxy groups -OCH3 is 1. The molecule has 0 bridgehead atoms. The quantitative estimate of drug-likeness (QED) is 0.886. The van der Waals surface area contributed by atoms with Crippen LogP contribution >= 0.6 is 0 Å². The van der Waals surface area contributed by atoms with Crippen molar-refractivity contribution < 1.29 is 9.53 Å². The molecule has 1 aromatic carbocycles. The average molecular weight is 262 g/mol. The Labute approximate surface area is 114 Å². The third-order valence-corrected chi connectivity index (χ3v) is 3.71. The highest BCUT2D eigenvalue weighted by molar-refractivity contribution is 5.73. The fourth-order valence-corrected chi connectivity index (χ4v) is 2.20. The minimum atomic E-state index is 0.00252. The Morgan fingerprint density at radius 1 is 1.37 bits per heavy atom. The number of nitrogens with one attached hydrogen (secondary N) is 1. The van der Waals surface area contributed by atoms with Gasteiger partial charge < -0.3 is 15.0 Å². The van der Waals surface area contributed by atoms with Crippen molar-refractivity contribution >= 4 is 6.03 Å². The topological polar surface area (TPSA) is 41.6 Å². The van der Waals surface area contributed by atoms with Crippen LogP contribution in [0.5, 0.6) is 5.75 Å². The number of hydrogen-bond donors (Lipinski definition) is 1. The number of amides is 2. The van der Waals surface area contributed by atoms with Crippen LogP contribution in [0.2, 0.25) is 0 Å². The first-order valence-corrected chi connectivity index (χ1v) is 6.81. The number of hydrogen-bond acceptors (Lipinski definition) is 2. The van der Waals surface area contributed by atoms with Crippen LogP contribution < -0.4 is 10.1 Å². The fraction of sp³-hybridized carbons (Fsp3) is 0.533. The van der Waals surface area contributed by atoms with Gasteiger partial charge in [0.1, 0.15) is 5.75 Å². The second kappa shape index (κ2) is 6.45. The molecule has 1 saturated carbocycles. The van der Waals surface area contributed by atoms with Crippen LogP contribution in [-0.4, -0.2) is 31.6 Å². The van der Waals surface area contributed by atoms with Crippen molar-refractivity contribution in [2.24, 2.45) is 5.92 Å². The molecule has 0 aliphatic heterocycles. The van der Waals surface area contributed by atoms with Crippen molar-refractivity contribution in [3.63, 3.8) is 0 Å². The van der Waals surface area contributed by atoms with Crippen molar-refractivity contribution in [3.05, 3.63) is 29.8 Å². The molecule has 2 rings (SSSR count). The lowest BCUT2D eigenvalue weighted by Gasteiger charge is -2.30. The normalized spacial score (nSPS) is 14.6. The Hall–Kier alpha value is -1.71. The lowest BCUT2D eigenvalue weighted by Crippen LogP contribution is -2.40. The van der Waals surface area contributed by atoms with Crippen LogP contribution in [-0.2, 0) is 6.54 Å². The zero-order valence-corrected chi connectivity index (χ0v) is 11.7. The first-order chi connectivity index (χ1) is 9.19. The van der Waals surface area contributed by atoms with Gasteiger partial charge in [0, 0.05) is 20.1 Å². The first kappa shape index (κ1) is 13.7. The molecule has 0 saturated heterocycles. The summed E-state index contributed by atoms with van der Waals surface area (Å²) in [5.74, 6) is 1.54. The second-order valence-corrected chi connectivity index (χ2v) is 5.18. The van der Waals surface area contributed by atoms with Crippen molar-refractivity contribution in [1.82, 2.24) is 10.2 Å². The van der Waals surface area contributed by atoms with E-state index >= 15 is 0 Å². The van der Waals surface area contributed by atoms with Gasteiger partial charge in [0.2, 0.25) is 0 Å². The Kier molecular flexibility index (Phi) is 4.66. The summed E-state index contributed by atoms with van der Waals surface area (Å²) in [6.07, 6.45) is 3.83. The Morgan fingerprint density at radius 2 is 2.05 bits per heavy atom. The summed E-state index contributed by atoms with van der Waals surface area (Å²) in [5.41, 5.74) is 1.08. The van der Waals surface area contributed by atoms with Gasteiger partial charge in [0.05, 0.1) is 7.11 Å². The fourth-order valence-electron chi connectivity index (χ4n) is 2.20. The van der Waals surface area contributed by atoms with E-state index in [-0.39, 0.29) is 6.03 Å². The van der Waals surface area contributed by atoms with Crippen LogP contribution in [0.25, 0.3) is 0 Å². The number of nitrogens with zero attached hydrogens (tertiary/aromatic N) is 1. The molecule has 1 N–H and O–H groups in total. The molecule has 0 aromatic heterocycles. The smallest absolute Gasteiger partial charge is 0.317 e. The van der Waals surface area contributed by atoms with Crippen molar-refractivity contribution in [3.8, 4) is 5.75 Å². The molecule has 19 heavy (non-hydrogen) atoms. The van der Waals surface area contributed by atoms with E-state index in [4.69, 9.17) is 4.74 Å². The zero-order chi connectivity index (χ0) is 13.7. The second-order valence-electron chi connectivity index (χ2n) is 5.18. The Bertz CT molecular complexity index is 413. The van der Waals surface area contributed by atoms with Crippen molar-refractivity contribution in [1.29, 1.82) is 0 Å². The van der Waals surface area contributed by atoms with Gasteiger partial charge in [0.25, 0.3) is 0 Å². The predicted octanol–water partition coefficient (Wildman–Crippen LogP) is 2.64. The third-order valence-electron chi connectivity index (χ3n) is 3.71. The lowest BCUT2D eigenvalue weighted by molar-refractivity contribution is 0.182. The van der Waals surface area contributed by atoms with Gasteiger partial charge in [0.15, 0.2) is 0 Å². The first-order valence-electron chi connectivity index (χ1n) is 6.81. The molecular weight excluding hydrogens is 240 g/mol. The Balaban J connectivity index is 1.75. The molecule has 0 unspecified atom stereocenters. The number of urea groups is 1. The highest BCUT2D eigenvalue weighted by Crippen LogP contribution is 2.26. The van der Waals surface area contributed by atoms with Crippen molar-refractivity contribution in [2.75, 3.05) is 20.7 Å². The molecule has 1 fully saturated rings. The third kappa shape index (κ3) is 3.88. The van der Waals surface area contributed by atoms with Gasteiger partial charge in [-0.3, -0.25) is 0 Å². The van der Waals surface area contributed by atoms with E-state index < -0.39 is 0 Å². The molecular formula is C15H22N2O2. The van der Waals surface area contributed by atoms with Crippen LogP contribution in [0.15, 0.2) is 24.3 Å². The maximum absolute atomic E-state index is 11.9. The number of carbonyl (C=O) groups is 1. The van der Waals surface area contributed by atoms with Crippen LogP contribution in [0.3, 0.4) is 0 Å². The number of ether oxygens (including phenoxy) is 1. The molecule has 2 amide bonds. The molecule has 4 heteroatoms. The predicted molar refractivity (Wildman–Crippen MR) is 75.2 cm³/mol. The molecule has 0 heterocycles. The number of benzene rings is 1. The van der Waals surface area contributed by atoms with E-state index in [1.165, 1.54) is 19.3 Å². The molecule has 0 atom stereocenters. The maximum Gasteiger partial charge on any atom is 0.317 e. The monoisotopic (exact) mass is 262 g/mol. The summed E-state index contributed by atoms with van der Waals surface area (Å²) in [6.45, 7) is 1.42. The number of rotatable bonds is 5. The molecule has 1 aliphatic carbocycles. The van der Waals surface area contributed by atoms with Crippen LogP contribution in [0, 0.1) is 5.92 Å². The van der Waals surface area contributed by atoms with Gasteiger partial charge in [-0.25, -0.2) is 4.79 Å². The van der Waals surface area contributed by atoms with Crippen LogP contribution in [0.4, 0.5) is 4.79 Å². The highest BCUT2D eigenvalue weighted by Gasteiger charge is 2.21. The zero-order valence-electron chi connectivity index (χ0n) is 11.7. The van der Waals surface area contributed by atoms with E-state index in [0.29, 0.717) is 12.5 Å². The summed E-state index contributed by atoms with van der Waals surface area (Å²) in [6, 6.07) is 7.73. The molecule has 0 spiro atoms. The minimum absolute atomic E-state index is 0.00252. The molecule has 1 aromatic rings. The standard InChI is InChI=1S/C15H22N2O2/c1-17(11-13-4-3-5-13)15(18)16-10-12-6-8-14(19-2)9-7-12/h6-9,13H,3-5,10-11H2,1-2H3,(H,16,18). The SMILES string of the molecule is COc1ccc(CNC(=O)N(C)CC2CCC2)cc1. The maximum atomic E-state index is 11.9. The van der Waals surface area contributed by atoms with Gasteiger partial charge in [-0.2, -0.15) is 0 Å². The molecule has 104 valence electrons. The lowest BCUT2D eigenvalue weighted by atomic mass is 9.85. The largest absolute Gasteiger partial charge is 0.497 e. The summed E-state index contributed by atoms with van der Waals surface area (Å²) < 4.78 is 5.10. The summed E-state index contributed by atoms with van der Waals surface area (Å²) in [4.78, 5) is 13.7. The Morgan fingerprint density at radius 3 is 2.58 bits per heavy atom. The van der Waals surface area contributed by atoms with E-state index in [0.717, 1.165) is 17.9 Å². The van der Waals surface area contributed by atoms with Gasteiger partial charge in [-0.1, -0.05) is 18.6 Å². The summed E-state index contributed by atoms with van der Waals surface area (Å²) in [7, 11) is 3.51. The van der Waals surface area contributed by atoms with Gasteiger partial charge in [-0.15, -0.1) is 0 Å². The average Bonchev–Trinajstić information content (AvgIpc) is 2.40. The van der Waals surface area contributed by atoms with E-state index in [1.54, 1.807) is 12.0 Å². The van der Waals surface area contributed by atoms with E-state index in [1.807, 2.05) is 31.3 Å². The van der Waals surface area contributed by atoms with Crippen LogP contribution in [0.1, 0.15) is 24.8 Å². The summed E-state index contributed by atoms with van der Waals surface area (Å²) in [5, 5.41) is 2.94. The van der Waals surface area contributed by atoms with Gasteiger partial charge >= 0.3 is 6.03 Å². The molecule has 0 radical (unpaired) electrons. The van der Waals surface area contributed by atoms with Gasteiger partial charge in [-0.05, 0) is 36.5 Å². The minimum Gasteiger partial charge on any atom is -0.497 e.